The molecule has 0 aliphatic rings. The number of oxazole rings is 1. The molecule has 2 heterocycles. The lowest BCUT2D eigenvalue weighted by atomic mass is 10.1. The first kappa shape index (κ1) is 17.7. The van der Waals surface area contributed by atoms with Crippen molar-refractivity contribution in [3.63, 3.8) is 0 Å². The Morgan fingerprint density at radius 3 is 2.39 bits per heavy atom. The fraction of sp³-hybridized carbons (Fsp3) is 0.0476. The van der Waals surface area contributed by atoms with Gasteiger partial charge in [0.2, 0.25) is 0 Å². The zero-order chi connectivity index (χ0) is 19.3. The van der Waals surface area contributed by atoms with E-state index in [1.807, 2.05) is 6.07 Å². The highest BCUT2D eigenvalue weighted by Gasteiger charge is 2.12. The van der Waals surface area contributed by atoms with Gasteiger partial charge in [0.25, 0.3) is 6.01 Å². The maximum absolute atomic E-state index is 13.8. The first-order valence-corrected chi connectivity index (χ1v) is 8.50. The second kappa shape index (κ2) is 7.87. The van der Waals surface area contributed by atoms with Crippen molar-refractivity contribution >= 4 is 11.7 Å². The van der Waals surface area contributed by atoms with Crippen molar-refractivity contribution in [3.8, 4) is 11.5 Å². The summed E-state index contributed by atoms with van der Waals surface area (Å²) in [7, 11) is 0. The van der Waals surface area contributed by atoms with E-state index < -0.39 is 11.6 Å². The summed E-state index contributed by atoms with van der Waals surface area (Å²) in [5.41, 5.74) is 0.672. The molecule has 0 saturated carbocycles. The summed E-state index contributed by atoms with van der Waals surface area (Å²) in [6.07, 6.45) is 4.71. The molecule has 0 bridgehead atoms. The number of anilines is 2. The average Bonchev–Trinajstić information content (AvgIpc) is 3.14. The first-order chi connectivity index (χ1) is 13.7. The van der Waals surface area contributed by atoms with Gasteiger partial charge in [-0.05, 0) is 48.5 Å². The average molecular weight is 379 g/mol. The fourth-order valence-electron chi connectivity index (χ4n) is 2.60. The molecule has 0 amide bonds. The lowest BCUT2D eigenvalue weighted by Crippen LogP contribution is -1.95. The number of nitrogens with one attached hydrogen (secondary N) is 1. The number of rotatable bonds is 6. The lowest BCUT2D eigenvalue weighted by molar-refractivity contribution is 0.480. The van der Waals surface area contributed by atoms with Crippen LogP contribution in [-0.4, -0.2) is 9.97 Å². The number of hydrogen-bond acceptors (Lipinski definition) is 5. The molecule has 0 saturated heterocycles. The number of halogens is 2. The van der Waals surface area contributed by atoms with Gasteiger partial charge < -0.3 is 14.5 Å². The van der Waals surface area contributed by atoms with Gasteiger partial charge in [-0.15, -0.1) is 0 Å². The Kier molecular flexibility index (Phi) is 4.97. The molecule has 7 heteroatoms. The van der Waals surface area contributed by atoms with Gasteiger partial charge in [-0.25, -0.2) is 13.8 Å². The van der Waals surface area contributed by atoms with E-state index in [1.54, 1.807) is 42.7 Å². The van der Waals surface area contributed by atoms with Gasteiger partial charge >= 0.3 is 0 Å². The van der Waals surface area contributed by atoms with Crippen LogP contribution in [0.15, 0.2) is 77.6 Å². The third kappa shape index (κ3) is 4.15. The van der Waals surface area contributed by atoms with Gasteiger partial charge in [0.05, 0.1) is 12.4 Å². The standard InChI is InChI=1S/C21H15F2N3O2/c22-19-4-1-5-20(23)18(19)11-17-13-25-21(28-17)26-14-6-8-15(9-7-14)27-16-3-2-10-24-12-16/h1-10,12-13H,11H2,(H,25,26). The molecule has 0 radical (unpaired) electrons. The molecule has 28 heavy (non-hydrogen) atoms. The molecule has 2 aromatic heterocycles. The predicted octanol–water partition coefficient (Wildman–Crippen LogP) is 5.47. The van der Waals surface area contributed by atoms with Crippen molar-refractivity contribution in [3.05, 3.63) is 96.1 Å². The Hall–Kier alpha value is -3.74. The highest BCUT2D eigenvalue weighted by Crippen LogP contribution is 2.25. The van der Waals surface area contributed by atoms with E-state index in [9.17, 15) is 8.78 Å². The summed E-state index contributed by atoms with van der Waals surface area (Å²) >= 11 is 0. The lowest BCUT2D eigenvalue weighted by Gasteiger charge is -2.06. The number of benzene rings is 2. The van der Waals surface area contributed by atoms with E-state index >= 15 is 0 Å². The van der Waals surface area contributed by atoms with Gasteiger partial charge in [0.1, 0.15) is 28.9 Å². The van der Waals surface area contributed by atoms with Crippen LogP contribution in [0.2, 0.25) is 0 Å². The number of pyridine rings is 1. The van der Waals surface area contributed by atoms with Gasteiger partial charge in [0, 0.05) is 23.9 Å². The molecular formula is C21H15F2N3O2. The van der Waals surface area contributed by atoms with Gasteiger partial charge in [-0.1, -0.05) is 6.07 Å². The number of ether oxygens (including phenoxy) is 1. The van der Waals surface area contributed by atoms with Gasteiger partial charge in [-0.2, -0.15) is 0 Å². The molecule has 0 aliphatic carbocycles. The van der Waals surface area contributed by atoms with Crippen LogP contribution >= 0.6 is 0 Å². The number of nitrogens with zero attached hydrogens (tertiary/aromatic N) is 2. The molecule has 1 N–H and O–H groups in total. The maximum atomic E-state index is 13.8. The summed E-state index contributed by atoms with van der Waals surface area (Å²) < 4.78 is 38.7. The van der Waals surface area contributed by atoms with E-state index in [2.05, 4.69) is 15.3 Å². The summed E-state index contributed by atoms with van der Waals surface area (Å²) in [6, 6.07) is 14.7. The van der Waals surface area contributed by atoms with Crippen molar-refractivity contribution in [1.29, 1.82) is 0 Å². The molecule has 140 valence electrons. The molecule has 4 rings (SSSR count). The second-order valence-electron chi connectivity index (χ2n) is 5.95. The highest BCUT2D eigenvalue weighted by atomic mass is 19.1. The molecular weight excluding hydrogens is 364 g/mol. The van der Waals surface area contributed by atoms with E-state index in [-0.39, 0.29) is 18.0 Å². The Balaban J connectivity index is 1.41. The Morgan fingerprint density at radius 1 is 0.893 bits per heavy atom. The monoisotopic (exact) mass is 379 g/mol. The van der Waals surface area contributed by atoms with Crippen LogP contribution in [0.1, 0.15) is 11.3 Å². The molecule has 0 fully saturated rings. The van der Waals surface area contributed by atoms with Crippen LogP contribution in [0.4, 0.5) is 20.5 Å². The smallest absolute Gasteiger partial charge is 0.299 e. The normalized spacial score (nSPS) is 10.6. The van der Waals surface area contributed by atoms with Gasteiger partial charge in [0.15, 0.2) is 0 Å². The van der Waals surface area contributed by atoms with Crippen LogP contribution in [0, 0.1) is 11.6 Å². The van der Waals surface area contributed by atoms with Crippen molar-refractivity contribution in [2.45, 2.75) is 6.42 Å². The Labute approximate surface area is 159 Å². The predicted molar refractivity (Wildman–Crippen MR) is 99.7 cm³/mol. The zero-order valence-electron chi connectivity index (χ0n) is 14.6. The van der Waals surface area contributed by atoms with Crippen molar-refractivity contribution in [2.24, 2.45) is 0 Å². The molecule has 0 spiro atoms. The quantitative estimate of drug-likeness (QED) is 0.481. The van der Waals surface area contributed by atoms with Crippen LogP contribution in [0.25, 0.3) is 0 Å². The largest absolute Gasteiger partial charge is 0.456 e. The Bertz CT molecular complexity index is 1050. The van der Waals surface area contributed by atoms with E-state index in [0.29, 0.717) is 17.3 Å². The maximum Gasteiger partial charge on any atom is 0.299 e. The minimum atomic E-state index is -0.616. The fourth-order valence-corrected chi connectivity index (χ4v) is 2.60. The van der Waals surface area contributed by atoms with E-state index in [1.165, 1.54) is 24.4 Å². The SMILES string of the molecule is Fc1cccc(F)c1Cc1cnc(Nc2ccc(Oc3cccnc3)cc2)o1. The molecule has 4 aromatic rings. The molecule has 2 aromatic carbocycles. The zero-order valence-corrected chi connectivity index (χ0v) is 14.6. The third-order valence-corrected chi connectivity index (χ3v) is 3.94. The topological polar surface area (TPSA) is 60.2 Å². The molecule has 5 nitrogen and oxygen atoms in total. The first-order valence-electron chi connectivity index (χ1n) is 8.50. The second-order valence-corrected chi connectivity index (χ2v) is 5.95. The van der Waals surface area contributed by atoms with Crippen molar-refractivity contribution < 1.29 is 17.9 Å². The number of aromatic nitrogens is 2. The third-order valence-electron chi connectivity index (χ3n) is 3.94. The molecule has 0 atom stereocenters. The minimum Gasteiger partial charge on any atom is -0.456 e. The van der Waals surface area contributed by atoms with Crippen LogP contribution < -0.4 is 10.1 Å². The highest BCUT2D eigenvalue weighted by molar-refractivity contribution is 5.54. The van der Waals surface area contributed by atoms with Crippen LogP contribution in [0.5, 0.6) is 11.5 Å². The van der Waals surface area contributed by atoms with Crippen molar-refractivity contribution in [1.82, 2.24) is 9.97 Å². The molecule has 0 aliphatic heterocycles. The summed E-state index contributed by atoms with van der Waals surface area (Å²) in [5, 5.41) is 3.00. The Morgan fingerprint density at radius 2 is 1.68 bits per heavy atom. The summed E-state index contributed by atoms with van der Waals surface area (Å²) in [6.45, 7) is 0. The minimum absolute atomic E-state index is 0.0227. The van der Waals surface area contributed by atoms with Gasteiger partial charge in [-0.3, -0.25) is 4.98 Å². The van der Waals surface area contributed by atoms with Crippen LogP contribution in [-0.2, 0) is 6.42 Å². The molecule has 0 unspecified atom stereocenters. The summed E-state index contributed by atoms with van der Waals surface area (Å²) in [4.78, 5) is 8.09. The van der Waals surface area contributed by atoms with E-state index in [0.717, 1.165) is 5.69 Å². The number of hydrogen-bond donors (Lipinski definition) is 1. The van der Waals surface area contributed by atoms with E-state index in [4.69, 9.17) is 9.15 Å². The summed E-state index contributed by atoms with van der Waals surface area (Å²) in [5.74, 6) is 0.413. The van der Waals surface area contributed by atoms with Crippen molar-refractivity contribution in [2.75, 3.05) is 5.32 Å². The van der Waals surface area contributed by atoms with Crippen LogP contribution in [0.3, 0.4) is 0 Å².